The second kappa shape index (κ2) is 7.46. The highest BCUT2D eigenvalue weighted by molar-refractivity contribution is 5.33. The second-order valence-electron chi connectivity index (χ2n) is 4.79. The average Bonchev–Trinajstić information content (AvgIpc) is 2.31. The number of nitrogens with zero attached hydrogens (tertiary/aromatic N) is 1. The summed E-state index contributed by atoms with van der Waals surface area (Å²) >= 11 is 0. The van der Waals surface area contributed by atoms with Gasteiger partial charge in [0.1, 0.15) is 0 Å². The standard InChI is InChI=1S/C15H26N2/c1-4-5-10-17(11-9-16)12-15-13(2)7-6-8-14(15)3/h6-8H,4-5,9-12,16H2,1-3H3. The molecule has 2 nitrogen and oxygen atoms in total. The van der Waals surface area contributed by atoms with E-state index >= 15 is 0 Å². The van der Waals surface area contributed by atoms with Crippen LogP contribution in [0, 0.1) is 13.8 Å². The van der Waals surface area contributed by atoms with Crippen molar-refractivity contribution in [2.45, 2.75) is 40.2 Å². The van der Waals surface area contributed by atoms with Gasteiger partial charge in [0.15, 0.2) is 0 Å². The van der Waals surface area contributed by atoms with Crippen molar-refractivity contribution >= 4 is 0 Å². The fourth-order valence-corrected chi connectivity index (χ4v) is 2.16. The zero-order chi connectivity index (χ0) is 12.7. The summed E-state index contributed by atoms with van der Waals surface area (Å²) in [5.74, 6) is 0. The Morgan fingerprint density at radius 3 is 2.29 bits per heavy atom. The minimum Gasteiger partial charge on any atom is -0.329 e. The van der Waals surface area contributed by atoms with Gasteiger partial charge in [-0.3, -0.25) is 4.90 Å². The molecule has 0 heterocycles. The van der Waals surface area contributed by atoms with Crippen molar-refractivity contribution in [1.29, 1.82) is 0 Å². The Morgan fingerprint density at radius 1 is 1.12 bits per heavy atom. The summed E-state index contributed by atoms with van der Waals surface area (Å²) in [4.78, 5) is 2.47. The van der Waals surface area contributed by atoms with Crippen LogP contribution in [0.25, 0.3) is 0 Å². The summed E-state index contributed by atoms with van der Waals surface area (Å²) in [6.45, 7) is 10.6. The lowest BCUT2D eigenvalue weighted by Gasteiger charge is -2.23. The van der Waals surface area contributed by atoms with Crippen molar-refractivity contribution in [3.05, 3.63) is 34.9 Å². The Balaban J connectivity index is 2.70. The maximum atomic E-state index is 5.69. The van der Waals surface area contributed by atoms with Crippen LogP contribution in [0.1, 0.15) is 36.5 Å². The van der Waals surface area contributed by atoms with Gasteiger partial charge in [-0.15, -0.1) is 0 Å². The van der Waals surface area contributed by atoms with E-state index in [0.29, 0.717) is 0 Å². The maximum absolute atomic E-state index is 5.69. The van der Waals surface area contributed by atoms with Crippen LogP contribution >= 0.6 is 0 Å². The molecule has 0 radical (unpaired) electrons. The lowest BCUT2D eigenvalue weighted by Crippen LogP contribution is -2.30. The smallest absolute Gasteiger partial charge is 0.0239 e. The number of hydrogen-bond donors (Lipinski definition) is 1. The van der Waals surface area contributed by atoms with Crippen LogP contribution in [-0.4, -0.2) is 24.5 Å². The third-order valence-electron chi connectivity index (χ3n) is 3.30. The first-order valence-electron chi connectivity index (χ1n) is 6.66. The van der Waals surface area contributed by atoms with Crippen molar-refractivity contribution in [2.24, 2.45) is 5.73 Å². The van der Waals surface area contributed by atoms with E-state index in [4.69, 9.17) is 5.73 Å². The maximum Gasteiger partial charge on any atom is 0.0239 e. The average molecular weight is 234 g/mol. The normalized spacial score (nSPS) is 11.1. The summed E-state index contributed by atoms with van der Waals surface area (Å²) in [6.07, 6.45) is 2.50. The summed E-state index contributed by atoms with van der Waals surface area (Å²) in [5.41, 5.74) is 9.94. The minimum absolute atomic E-state index is 0.745. The molecule has 0 aliphatic rings. The summed E-state index contributed by atoms with van der Waals surface area (Å²) < 4.78 is 0. The van der Waals surface area contributed by atoms with Gasteiger partial charge in [0.05, 0.1) is 0 Å². The molecule has 0 fully saturated rings. The van der Waals surface area contributed by atoms with Crippen LogP contribution in [0.2, 0.25) is 0 Å². The van der Waals surface area contributed by atoms with Crippen LogP contribution in [0.4, 0.5) is 0 Å². The van der Waals surface area contributed by atoms with Crippen LogP contribution in [0.3, 0.4) is 0 Å². The minimum atomic E-state index is 0.745. The van der Waals surface area contributed by atoms with E-state index in [1.165, 1.54) is 29.5 Å². The molecular formula is C15H26N2. The second-order valence-corrected chi connectivity index (χ2v) is 4.79. The molecule has 1 aromatic rings. The molecule has 0 aliphatic heterocycles. The van der Waals surface area contributed by atoms with Gasteiger partial charge < -0.3 is 5.73 Å². The van der Waals surface area contributed by atoms with Crippen molar-refractivity contribution < 1.29 is 0 Å². The summed E-state index contributed by atoms with van der Waals surface area (Å²) in [7, 11) is 0. The molecule has 0 aliphatic carbocycles. The van der Waals surface area contributed by atoms with Gasteiger partial charge in [0.2, 0.25) is 0 Å². The number of unbranched alkanes of at least 4 members (excludes halogenated alkanes) is 1. The zero-order valence-corrected chi connectivity index (χ0v) is 11.5. The zero-order valence-electron chi connectivity index (χ0n) is 11.5. The monoisotopic (exact) mass is 234 g/mol. The van der Waals surface area contributed by atoms with Gasteiger partial charge in [0, 0.05) is 19.6 Å². The molecule has 1 aromatic carbocycles. The summed E-state index contributed by atoms with van der Waals surface area (Å²) in [6, 6.07) is 6.53. The van der Waals surface area contributed by atoms with E-state index in [1.807, 2.05) is 0 Å². The molecule has 0 bridgehead atoms. The Bertz CT molecular complexity index is 313. The van der Waals surface area contributed by atoms with Gasteiger partial charge in [-0.05, 0) is 43.5 Å². The molecule has 0 unspecified atom stereocenters. The van der Waals surface area contributed by atoms with Crippen molar-refractivity contribution in [2.75, 3.05) is 19.6 Å². The lowest BCUT2D eigenvalue weighted by molar-refractivity contribution is 0.267. The largest absolute Gasteiger partial charge is 0.329 e. The molecule has 0 saturated carbocycles. The van der Waals surface area contributed by atoms with E-state index in [1.54, 1.807) is 0 Å². The number of hydrogen-bond acceptors (Lipinski definition) is 2. The predicted molar refractivity (Wildman–Crippen MR) is 75.2 cm³/mol. The molecule has 2 heteroatoms. The molecule has 0 spiro atoms. The predicted octanol–water partition coefficient (Wildman–Crippen LogP) is 2.86. The van der Waals surface area contributed by atoms with Crippen LogP contribution in [0.15, 0.2) is 18.2 Å². The van der Waals surface area contributed by atoms with Crippen molar-refractivity contribution in [1.82, 2.24) is 4.90 Å². The fourth-order valence-electron chi connectivity index (χ4n) is 2.16. The van der Waals surface area contributed by atoms with Crippen LogP contribution < -0.4 is 5.73 Å². The molecule has 0 aromatic heterocycles. The molecule has 96 valence electrons. The van der Waals surface area contributed by atoms with E-state index in [-0.39, 0.29) is 0 Å². The van der Waals surface area contributed by atoms with Gasteiger partial charge >= 0.3 is 0 Å². The van der Waals surface area contributed by atoms with E-state index in [0.717, 1.165) is 26.2 Å². The third-order valence-corrected chi connectivity index (χ3v) is 3.30. The molecule has 1 rings (SSSR count). The Morgan fingerprint density at radius 2 is 1.76 bits per heavy atom. The first-order valence-corrected chi connectivity index (χ1v) is 6.66. The van der Waals surface area contributed by atoms with Crippen molar-refractivity contribution in [3.63, 3.8) is 0 Å². The molecule has 0 atom stereocenters. The molecular weight excluding hydrogens is 208 g/mol. The van der Waals surface area contributed by atoms with Crippen molar-refractivity contribution in [3.8, 4) is 0 Å². The lowest BCUT2D eigenvalue weighted by atomic mass is 10.0. The topological polar surface area (TPSA) is 29.3 Å². The molecule has 2 N–H and O–H groups in total. The Kier molecular flexibility index (Phi) is 6.23. The SMILES string of the molecule is CCCCN(CCN)Cc1c(C)cccc1C. The quantitative estimate of drug-likeness (QED) is 0.786. The molecule has 0 saturated heterocycles. The first-order chi connectivity index (χ1) is 8.19. The Labute approximate surface area is 106 Å². The fraction of sp³-hybridized carbons (Fsp3) is 0.600. The van der Waals surface area contributed by atoms with E-state index in [9.17, 15) is 0 Å². The van der Waals surface area contributed by atoms with Crippen LogP contribution in [-0.2, 0) is 6.54 Å². The van der Waals surface area contributed by atoms with E-state index < -0.39 is 0 Å². The number of benzene rings is 1. The van der Waals surface area contributed by atoms with Gasteiger partial charge in [0.25, 0.3) is 0 Å². The molecule has 0 amide bonds. The first kappa shape index (κ1) is 14.2. The summed E-state index contributed by atoms with van der Waals surface area (Å²) in [5, 5.41) is 0. The highest BCUT2D eigenvalue weighted by Crippen LogP contribution is 2.15. The number of aryl methyl sites for hydroxylation is 2. The highest BCUT2D eigenvalue weighted by atomic mass is 15.1. The van der Waals surface area contributed by atoms with Crippen LogP contribution in [0.5, 0.6) is 0 Å². The highest BCUT2D eigenvalue weighted by Gasteiger charge is 2.08. The third kappa shape index (κ3) is 4.49. The Hall–Kier alpha value is -0.860. The number of nitrogens with two attached hydrogens (primary N) is 1. The molecule has 17 heavy (non-hydrogen) atoms. The van der Waals surface area contributed by atoms with Gasteiger partial charge in [-0.2, -0.15) is 0 Å². The van der Waals surface area contributed by atoms with E-state index in [2.05, 4.69) is 43.9 Å². The number of rotatable bonds is 7. The van der Waals surface area contributed by atoms with Gasteiger partial charge in [-0.25, -0.2) is 0 Å². The van der Waals surface area contributed by atoms with Gasteiger partial charge in [-0.1, -0.05) is 31.5 Å².